The topological polar surface area (TPSA) is 50.7 Å². The third kappa shape index (κ3) is 5.29. The van der Waals surface area contributed by atoms with E-state index < -0.39 is 0 Å². The molecule has 26 heavy (non-hydrogen) atoms. The number of nitrogens with one attached hydrogen (secondary N) is 1. The number of benzene rings is 3. The molecular formula is C21H17BrN2O2. The number of hydrogen-bond donors (Lipinski definition) is 1. The molecule has 3 aromatic carbocycles. The second kappa shape index (κ2) is 8.97. The molecule has 0 radical (unpaired) electrons. The molecule has 130 valence electrons. The lowest BCUT2D eigenvalue weighted by Gasteiger charge is -2.07. The normalized spacial score (nSPS) is 10.7. The molecule has 4 nitrogen and oxygen atoms in total. The van der Waals surface area contributed by atoms with Crippen molar-refractivity contribution >= 4 is 28.1 Å². The lowest BCUT2D eigenvalue weighted by atomic mass is 10.2. The fourth-order valence-electron chi connectivity index (χ4n) is 2.22. The van der Waals surface area contributed by atoms with Gasteiger partial charge in [-0.25, -0.2) is 5.43 Å². The van der Waals surface area contributed by atoms with Crippen LogP contribution in [0.1, 0.15) is 21.5 Å². The summed E-state index contributed by atoms with van der Waals surface area (Å²) in [4.78, 5) is 12.1. The minimum atomic E-state index is -0.267. The van der Waals surface area contributed by atoms with Crippen LogP contribution < -0.4 is 10.2 Å². The van der Waals surface area contributed by atoms with Gasteiger partial charge in [-0.2, -0.15) is 5.10 Å². The fraction of sp³-hybridized carbons (Fsp3) is 0.0476. The van der Waals surface area contributed by atoms with E-state index >= 15 is 0 Å². The van der Waals surface area contributed by atoms with E-state index in [1.54, 1.807) is 30.5 Å². The van der Waals surface area contributed by atoms with Crippen LogP contribution in [0.2, 0.25) is 0 Å². The lowest BCUT2D eigenvalue weighted by molar-refractivity contribution is 0.0955. The van der Waals surface area contributed by atoms with Crippen LogP contribution in [-0.2, 0) is 6.61 Å². The number of carbonyl (C=O) groups excluding carboxylic acids is 1. The van der Waals surface area contributed by atoms with Gasteiger partial charge in [-0.15, -0.1) is 0 Å². The van der Waals surface area contributed by atoms with Gasteiger partial charge in [-0.3, -0.25) is 4.79 Å². The minimum absolute atomic E-state index is 0.267. The van der Waals surface area contributed by atoms with Crippen LogP contribution in [0, 0.1) is 0 Å². The van der Waals surface area contributed by atoms with Crippen LogP contribution in [0.25, 0.3) is 0 Å². The van der Waals surface area contributed by atoms with Gasteiger partial charge in [0, 0.05) is 10.0 Å². The summed E-state index contributed by atoms with van der Waals surface area (Å²) < 4.78 is 6.76. The number of carbonyl (C=O) groups is 1. The van der Waals surface area contributed by atoms with Crippen molar-refractivity contribution in [2.45, 2.75) is 6.61 Å². The molecule has 0 spiro atoms. The van der Waals surface area contributed by atoms with Crippen LogP contribution in [0.3, 0.4) is 0 Å². The minimum Gasteiger partial charge on any atom is -0.489 e. The third-order valence-corrected chi connectivity index (χ3v) is 4.14. The van der Waals surface area contributed by atoms with E-state index in [0.29, 0.717) is 17.9 Å². The summed E-state index contributed by atoms with van der Waals surface area (Å²) in [6.45, 7) is 0.472. The van der Waals surface area contributed by atoms with Crippen molar-refractivity contribution in [1.82, 2.24) is 5.43 Å². The highest BCUT2D eigenvalue weighted by Crippen LogP contribution is 2.16. The Bertz CT molecular complexity index is 876. The number of ether oxygens (including phenoxy) is 1. The molecule has 0 heterocycles. The number of hydrazone groups is 1. The number of amides is 1. The number of nitrogens with zero attached hydrogens (tertiary/aromatic N) is 1. The Morgan fingerprint density at radius 3 is 2.35 bits per heavy atom. The summed E-state index contributed by atoms with van der Waals surface area (Å²) >= 11 is 3.41. The highest BCUT2D eigenvalue weighted by atomic mass is 79.9. The maximum Gasteiger partial charge on any atom is 0.271 e. The smallest absolute Gasteiger partial charge is 0.271 e. The van der Waals surface area contributed by atoms with Gasteiger partial charge in [-0.05, 0) is 47.5 Å². The van der Waals surface area contributed by atoms with E-state index in [0.717, 1.165) is 15.6 Å². The van der Waals surface area contributed by atoms with Crippen molar-refractivity contribution in [3.8, 4) is 5.75 Å². The van der Waals surface area contributed by atoms with Crippen LogP contribution in [0.4, 0.5) is 0 Å². The molecule has 0 aliphatic heterocycles. The molecule has 0 aromatic heterocycles. The van der Waals surface area contributed by atoms with Crippen molar-refractivity contribution in [2.24, 2.45) is 5.10 Å². The summed E-state index contributed by atoms with van der Waals surface area (Å²) in [6, 6.07) is 24.5. The maximum absolute atomic E-state index is 12.1. The maximum atomic E-state index is 12.1. The zero-order valence-electron chi connectivity index (χ0n) is 13.9. The zero-order valence-corrected chi connectivity index (χ0v) is 15.5. The van der Waals surface area contributed by atoms with E-state index in [2.05, 4.69) is 26.5 Å². The Morgan fingerprint density at radius 2 is 1.65 bits per heavy atom. The Hall–Kier alpha value is -2.92. The van der Waals surface area contributed by atoms with E-state index in [-0.39, 0.29) is 5.91 Å². The van der Waals surface area contributed by atoms with Gasteiger partial charge in [0.15, 0.2) is 0 Å². The molecule has 0 atom stereocenters. The summed E-state index contributed by atoms with van der Waals surface area (Å²) in [5, 5.41) is 3.96. The largest absolute Gasteiger partial charge is 0.489 e. The van der Waals surface area contributed by atoms with Crippen LogP contribution in [-0.4, -0.2) is 12.1 Å². The van der Waals surface area contributed by atoms with E-state index in [1.807, 2.05) is 54.6 Å². The molecule has 0 fully saturated rings. The van der Waals surface area contributed by atoms with Crippen molar-refractivity contribution in [3.63, 3.8) is 0 Å². The molecule has 1 N–H and O–H groups in total. The molecule has 5 heteroatoms. The summed E-state index contributed by atoms with van der Waals surface area (Å²) in [7, 11) is 0. The number of rotatable bonds is 6. The quantitative estimate of drug-likeness (QED) is 0.470. The zero-order chi connectivity index (χ0) is 18.2. The predicted octanol–water partition coefficient (Wildman–Crippen LogP) is 4.79. The highest BCUT2D eigenvalue weighted by molar-refractivity contribution is 9.10. The van der Waals surface area contributed by atoms with Crippen LogP contribution >= 0.6 is 15.9 Å². The summed E-state index contributed by atoms with van der Waals surface area (Å²) in [5.41, 5.74) is 5.03. The number of hydrogen-bond acceptors (Lipinski definition) is 3. The average Bonchev–Trinajstić information content (AvgIpc) is 2.69. The van der Waals surface area contributed by atoms with Crippen molar-refractivity contribution < 1.29 is 9.53 Å². The number of halogens is 1. The molecule has 0 unspecified atom stereocenters. The molecule has 0 saturated carbocycles. The molecule has 3 aromatic rings. The van der Waals surface area contributed by atoms with Crippen LogP contribution in [0.15, 0.2) is 88.4 Å². The van der Waals surface area contributed by atoms with Gasteiger partial charge in [-0.1, -0.05) is 58.4 Å². The van der Waals surface area contributed by atoms with E-state index in [1.165, 1.54) is 0 Å². The molecule has 0 aliphatic carbocycles. The van der Waals surface area contributed by atoms with Crippen molar-refractivity contribution in [3.05, 3.63) is 100 Å². The van der Waals surface area contributed by atoms with Gasteiger partial charge in [0.25, 0.3) is 5.91 Å². The van der Waals surface area contributed by atoms with Crippen molar-refractivity contribution in [1.29, 1.82) is 0 Å². The molecule has 3 rings (SSSR count). The molecule has 0 saturated heterocycles. The second-order valence-corrected chi connectivity index (χ2v) is 6.47. The first-order chi connectivity index (χ1) is 12.7. The Morgan fingerprint density at radius 1 is 0.962 bits per heavy atom. The third-order valence-electron chi connectivity index (χ3n) is 3.61. The van der Waals surface area contributed by atoms with Gasteiger partial charge < -0.3 is 4.74 Å². The van der Waals surface area contributed by atoms with E-state index in [9.17, 15) is 4.79 Å². The monoisotopic (exact) mass is 408 g/mol. The molecule has 0 bridgehead atoms. The fourth-order valence-corrected chi connectivity index (χ4v) is 2.48. The molecular weight excluding hydrogens is 392 g/mol. The van der Waals surface area contributed by atoms with Gasteiger partial charge in [0.2, 0.25) is 0 Å². The molecule has 1 amide bonds. The standard InChI is InChI=1S/C21H17BrN2O2/c22-19-10-6-17(7-11-19)15-26-20-12-8-18(9-13-20)21(25)24-23-14-16-4-2-1-3-5-16/h1-14H,15H2,(H,24,25)/b23-14+. The first-order valence-corrected chi connectivity index (χ1v) is 8.86. The summed E-state index contributed by atoms with van der Waals surface area (Å²) in [5.74, 6) is 0.439. The van der Waals surface area contributed by atoms with Gasteiger partial charge >= 0.3 is 0 Å². The molecule has 0 aliphatic rings. The summed E-state index contributed by atoms with van der Waals surface area (Å²) in [6.07, 6.45) is 1.60. The van der Waals surface area contributed by atoms with Gasteiger partial charge in [0.1, 0.15) is 12.4 Å². The Labute approximate surface area is 160 Å². The Balaban J connectivity index is 1.52. The lowest BCUT2D eigenvalue weighted by Crippen LogP contribution is -2.17. The van der Waals surface area contributed by atoms with Crippen molar-refractivity contribution in [2.75, 3.05) is 0 Å². The first kappa shape index (κ1) is 17.9. The Kier molecular flexibility index (Phi) is 6.17. The highest BCUT2D eigenvalue weighted by Gasteiger charge is 2.04. The predicted molar refractivity (Wildman–Crippen MR) is 106 cm³/mol. The SMILES string of the molecule is O=C(N/N=C/c1ccccc1)c1ccc(OCc2ccc(Br)cc2)cc1. The average molecular weight is 409 g/mol. The van der Waals surface area contributed by atoms with Crippen LogP contribution in [0.5, 0.6) is 5.75 Å². The van der Waals surface area contributed by atoms with Gasteiger partial charge in [0.05, 0.1) is 6.21 Å². The second-order valence-electron chi connectivity index (χ2n) is 5.55. The van der Waals surface area contributed by atoms with E-state index in [4.69, 9.17) is 4.74 Å². The first-order valence-electron chi connectivity index (χ1n) is 8.06.